The van der Waals surface area contributed by atoms with Gasteiger partial charge in [-0.3, -0.25) is 4.99 Å². The number of hydrogen-bond donors (Lipinski definition) is 2. The van der Waals surface area contributed by atoms with Gasteiger partial charge < -0.3 is 15.4 Å². The van der Waals surface area contributed by atoms with Gasteiger partial charge in [-0.1, -0.05) is 24.3 Å². The summed E-state index contributed by atoms with van der Waals surface area (Å²) in [6.45, 7) is 1.35. The van der Waals surface area contributed by atoms with Gasteiger partial charge in [0.15, 0.2) is 15.8 Å². The minimum absolute atomic E-state index is 0.339. The Kier molecular flexibility index (Phi) is 7.03. The van der Waals surface area contributed by atoms with Gasteiger partial charge in [0.25, 0.3) is 0 Å². The molecule has 7 heteroatoms. The maximum atomic E-state index is 11.5. The minimum atomic E-state index is -3.15. The van der Waals surface area contributed by atoms with E-state index in [1.54, 1.807) is 26.3 Å². The minimum Gasteiger partial charge on any atom is -0.497 e. The normalized spacial score (nSPS) is 11.9. The summed E-state index contributed by atoms with van der Waals surface area (Å²) in [5.41, 5.74) is 2.20. The molecular formula is C19H25N3O3S. The zero-order valence-electron chi connectivity index (χ0n) is 15.3. The van der Waals surface area contributed by atoms with E-state index < -0.39 is 9.84 Å². The van der Waals surface area contributed by atoms with Crippen LogP contribution in [0.3, 0.4) is 0 Å². The molecule has 0 amide bonds. The Morgan fingerprint density at radius 1 is 1.00 bits per heavy atom. The number of benzene rings is 2. The monoisotopic (exact) mass is 375 g/mol. The van der Waals surface area contributed by atoms with E-state index in [0.29, 0.717) is 23.9 Å². The van der Waals surface area contributed by atoms with E-state index in [2.05, 4.69) is 15.6 Å². The third-order valence-electron chi connectivity index (χ3n) is 3.90. The van der Waals surface area contributed by atoms with Crippen LogP contribution in [0.2, 0.25) is 0 Å². The third-order valence-corrected chi connectivity index (χ3v) is 5.03. The largest absolute Gasteiger partial charge is 0.497 e. The van der Waals surface area contributed by atoms with Crippen LogP contribution in [0.4, 0.5) is 0 Å². The van der Waals surface area contributed by atoms with E-state index in [-0.39, 0.29) is 0 Å². The standard InChI is InChI=1S/C19H25N3O3S/c1-20-19(22-14-16-4-8-17(25-2)9-5-16)21-13-12-15-6-10-18(11-7-15)26(3,23)24/h4-11H,12-14H2,1-3H3,(H2,20,21,22). The predicted octanol–water partition coefficient (Wildman–Crippen LogP) is 2.01. The Morgan fingerprint density at radius 2 is 1.62 bits per heavy atom. The molecule has 0 aliphatic heterocycles. The van der Waals surface area contributed by atoms with Gasteiger partial charge >= 0.3 is 0 Å². The second-order valence-corrected chi connectivity index (χ2v) is 7.88. The fourth-order valence-corrected chi connectivity index (χ4v) is 3.01. The molecular weight excluding hydrogens is 350 g/mol. The number of guanidine groups is 1. The molecule has 2 aromatic carbocycles. The lowest BCUT2D eigenvalue weighted by molar-refractivity contribution is 0.414. The van der Waals surface area contributed by atoms with Crippen LogP contribution in [-0.4, -0.2) is 41.3 Å². The highest BCUT2D eigenvalue weighted by molar-refractivity contribution is 7.90. The third kappa shape index (κ3) is 6.07. The van der Waals surface area contributed by atoms with Crippen molar-refractivity contribution in [3.05, 3.63) is 59.7 Å². The van der Waals surface area contributed by atoms with Gasteiger partial charge in [0, 0.05) is 26.4 Å². The van der Waals surface area contributed by atoms with E-state index in [4.69, 9.17) is 4.74 Å². The molecule has 6 nitrogen and oxygen atoms in total. The second-order valence-electron chi connectivity index (χ2n) is 5.87. The maximum Gasteiger partial charge on any atom is 0.191 e. The van der Waals surface area contributed by atoms with Crippen molar-refractivity contribution in [3.63, 3.8) is 0 Å². The van der Waals surface area contributed by atoms with E-state index in [1.165, 1.54) is 6.26 Å². The number of methoxy groups -OCH3 is 1. The van der Waals surface area contributed by atoms with Crippen LogP contribution >= 0.6 is 0 Å². The van der Waals surface area contributed by atoms with Gasteiger partial charge in [-0.25, -0.2) is 8.42 Å². The summed E-state index contributed by atoms with van der Waals surface area (Å²) in [6.07, 6.45) is 1.98. The van der Waals surface area contributed by atoms with Crippen LogP contribution in [0.1, 0.15) is 11.1 Å². The molecule has 0 bridgehead atoms. The first kappa shape index (κ1) is 19.8. The van der Waals surface area contributed by atoms with E-state index >= 15 is 0 Å². The molecule has 0 fully saturated rings. The van der Waals surface area contributed by atoms with Crippen molar-refractivity contribution in [1.29, 1.82) is 0 Å². The van der Waals surface area contributed by atoms with Gasteiger partial charge in [-0.2, -0.15) is 0 Å². The van der Waals surface area contributed by atoms with Crippen molar-refractivity contribution >= 4 is 15.8 Å². The van der Waals surface area contributed by atoms with Gasteiger partial charge in [-0.05, 0) is 41.8 Å². The van der Waals surface area contributed by atoms with Crippen molar-refractivity contribution in [1.82, 2.24) is 10.6 Å². The maximum absolute atomic E-state index is 11.5. The molecule has 2 aromatic rings. The van der Waals surface area contributed by atoms with Gasteiger partial charge in [0.05, 0.1) is 12.0 Å². The molecule has 0 aromatic heterocycles. The van der Waals surface area contributed by atoms with Gasteiger partial charge in [0.1, 0.15) is 5.75 Å². The van der Waals surface area contributed by atoms with Crippen LogP contribution in [0.5, 0.6) is 5.75 Å². The molecule has 0 heterocycles. The number of rotatable bonds is 7. The number of hydrogen-bond acceptors (Lipinski definition) is 4. The van der Waals surface area contributed by atoms with Crippen LogP contribution in [-0.2, 0) is 22.8 Å². The zero-order chi connectivity index (χ0) is 19.0. The molecule has 0 atom stereocenters. The Hall–Kier alpha value is -2.54. The van der Waals surface area contributed by atoms with E-state index in [0.717, 1.165) is 23.3 Å². The lowest BCUT2D eigenvalue weighted by atomic mass is 10.1. The highest BCUT2D eigenvalue weighted by Gasteiger charge is 2.06. The summed E-state index contributed by atoms with van der Waals surface area (Å²) in [5, 5.41) is 6.51. The molecule has 0 aliphatic rings. The molecule has 0 unspecified atom stereocenters. The van der Waals surface area contributed by atoms with Crippen LogP contribution in [0, 0.1) is 0 Å². The molecule has 0 saturated carbocycles. The predicted molar refractivity (Wildman–Crippen MR) is 104 cm³/mol. The molecule has 0 saturated heterocycles. The van der Waals surface area contributed by atoms with Crippen molar-refractivity contribution in [2.45, 2.75) is 17.9 Å². The molecule has 0 radical (unpaired) electrons. The van der Waals surface area contributed by atoms with Crippen molar-refractivity contribution < 1.29 is 13.2 Å². The number of sulfone groups is 1. The van der Waals surface area contributed by atoms with Crippen molar-refractivity contribution in [2.75, 3.05) is 27.0 Å². The first-order valence-electron chi connectivity index (χ1n) is 8.29. The summed E-state index contributed by atoms with van der Waals surface area (Å²) in [5.74, 6) is 1.55. The topological polar surface area (TPSA) is 79.8 Å². The van der Waals surface area contributed by atoms with E-state index in [9.17, 15) is 8.42 Å². The number of nitrogens with zero attached hydrogens (tertiary/aromatic N) is 1. The summed E-state index contributed by atoms with van der Waals surface area (Å²) in [4.78, 5) is 4.54. The van der Waals surface area contributed by atoms with Crippen molar-refractivity contribution in [2.24, 2.45) is 4.99 Å². The summed E-state index contributed by atoms with van der Waals surface area (Å²) < 4.78 is 28.1. The second kappa shape index (κ2) is 9.24. The average Bonchev–Trinajstić information content (AvgIpc) is 2.64. The first-order chi connectivity index (χ1) is 12.4. The SMILES string of the molecule is CN=C(NCCc1ccc(S(C)(=O)=O)cc1)NCc1ccc(OC)cc1. The zero-order valence-corrected chi connectivity index (χ0v) is 16.1. The molecule has 0 spiro atoms. The van der Waals surface area contributed by atoms with E-state index in [1.807, 2.05) is 36.4 Å². The Bertz CT molecular complexity index is 829. The average molecular weight is 375 g/mol. The highest BCUT2D eigenvalue weighted by atomic mass is 32.2. The molecule has 2 N–H and O–H groups in total. The molecule has 0 aliphatic carbocycles. The molecule has 2 rings (SSSR count). The lowest BCUT2D eigenvalue weighted by Gasteiger charge is -2.12. The summed E-state index contributed by atoms with van der Waals surface area (Å²) >= 11 is 0. The van der Waals surface area contributed by atoms with Crippen LogP contribution < -0.4 is 15.4 Å². The van der Waals surface area contributed by atoms with Crippen molar-refractivity contribution in [3.8, 4) is 5.75 Å². The smallest absolute Gasteiger partial charge is 0.191 e. The Balaban J connectivity index is 1.79. The number of aliphatic imine (C=N–C) groups is 1. The van der Waals surface area contributed by atoms with Gasteiger partial charge in [-0.15, -0.1) is 0 Å². The fraction of sp³-hybridized carbons (Fsp3) is 0.316. The van der Waals surface area contributed by atoms with Crippen LogP contribution in [0.15, 0.2) is 58.4 Å². The number of ether oxygens (including phenoxy) is 1. The molecule has 26 heavy (non-hydrogen) atoms. The summed E-state index contributed by atoms with van der Waals surface area (Å²) in [7, 11) is 0.225. The Morgan fingerprint density at radius 3 is 2.15 bits per heavy atom. The first-order valence-corrected chi connectivity index (χ1v) is 10.2. The van der Waals surface area contributed by atoms with Crippen LogP contribution in [0.25, 0.3) is 0 Å². The quantitative estimate of drug-likeness (QED) is 0.572. The number of nitrogens with one attached hydrogen (secondary N) is 2. The molecule has 140 valence electrons. The Labute approximate surface area is 155 Å². The highest BCUT2D eigenvalue weighted by Crippen LogP contribution is 2.11. The lowest BCUT2D eigenvalue weighted by Crippen LogP contribution is -2.37. The van der Waals surface area contributed by atoms with Gasteiger partial charge in [0.2, 0.25) is 0 Å². The fourth-order valence-electron chi connectivity index (χ4n) is 2.38. The summed E-state index contributed by atoms with van der Waals surface area (Å²) in [6, 6.07) is 14.8.